The molecule has 0 aliphatic heterocycles. The zero-order valence-electron chi connectivity index (χ0n) is 7.15. The van der Waals surface area contributed by atoms with E-state index >= 15 is 0 Å². The molecule has 5 nitrogen and oxygen atoms in total. The van der Waals surface area contributed by atoms with Crippen molar-refractivity contribution in [3.8, 4) is 0 Å². The summed E-state index contributed by atoms with van der Waals surface area (Å²) in [7, 11) is 1.11. The zero-order valence-corrected chi connectivity index (χ0v) is 7.15. The number of nitrogens with zero attached hydrogens (tertiary/aromatic N) is 1. The van der Waals surface area contributed by atoms with Crippen molar-refractivity contribution in [2.45, 2.75) is 0 Å². The second-order valence-corrected chi connectivity index (χ2v) is 2.36. The Kier molecular flexibility index (Phi) is 2.76. The van der Waals surface area contributed by atoms with E-state index in [2.05, 4.69) is 9.72 Å². The fourth-order valence-corrected chi connectivity index (χ4v) is 0.842. The van der Waals surface area contributed by atoms with Gasteiger partial charge in [-0.25, -0.2) is 14.6 Å². The maximum atomic E-state index is 12.7. The van der Waals surface area contributed by atoms with E-state index in [1.54, 1.807) is 0 Å². The summed E-state index contributed by atoms with van der Waals surface area (Å²) in [6, 6.07) is 1.75. The van der Waals surface area contributed by atoms with Crippen LogP contribution in [0, 0.1) is 5.95 Å². The van der Waals surface area contributed by atoms with Crippen LogP contribution in [-0.2, 0) is 4.74 Å². The molecule has 6 heteroatoms. The summed E-state index contributed by atoms with van der Waals surface area (Å²) in [4.78, 5) is 24.4. The topological polar surface area (TPSA) is 76.5 Å². The predicted octanol–water partition coefficient (Wildman–Crippen LogP) is 0.706. The second kappa shape index (κ2) is 3.82. The van der Waals surface area contributed by atoms with Crippen LogP contribution in [0.2, 0.25) is 0 Å². The average Bonchev–Trinajstić information content (AvgIpc) is 2.15. The summed E-state index contributed by atoms with van der Waals surface area (Å²) in [5, 5.41) is 8.51. The first-order valence-corrected chi connectivity index (χ1v) is 3.54. The van der Waals surface area contributed by atoms with Gasteiger partial charge in [-0.1, -0.05) is 0 Å². The number of methoxy groups -OCH3 is 1. The number of rotatable bonds is 2. The fraction of sp³-hybridized carbons (Fsp3) is 0.125. The molecule has 74 valence electrons. The Morgan fingerprint density at radius 1 is 1.50 bits per heavy atom. The van der Waals surface area contributed by atoms with Gasteiger partial charge >= 0.3 is 11.9 Å². The van der Waals surface area contributed by atoms with Gasteiger partial charge in [0.1, 0.15) is 0 Å². The maximum Gasteiger partial charge on any atom is 0.354 e. The Balaban J connectivity index is 3.20. The predicted molar refractivity (Wildman–Crippen MR) is 42.5 cm³/mol. The van der Waals surface area contributed by atoms with E-state index < -0.39 is 23.6 Å². The smallest absolute Gasteiger partial charge is 0.354 e. The molecule has 0 saturated heterocycles. The Hall–Kier alpha value is -1.98. The van der Waals surface area contributed by atoms with E-state index in [9.17, 15) is 14.0 Å². The number of carbonyl (C=O) groups excluding carboxylic acids is 1. The SMILES string of the molecule is COC(=O)c1cc(F)nc(C(=O)O)c1. The molecule has 0 aliphatic carbocycles. The van der Waals surface area contributed by atoms with Crippen LogP contribution >= 0.6 is 0 Å². The van der Waals surface area contributed by atoms with Crippen LogP contribution in [0.5, 0.6) is 0 Å². The Labute approximate surface area is 78.1 Å². The molecule has 1 rings (SSSR count). The van der Waals surface area contributed by atoms with Crippen LogP contribution in [0.4, 0.5) is 4.39 Å². The lowest BCUT2D eigenvalue weighted by molar-refractivity contribution is 0.0600. The van der Waals surface area contributed by atoms with Crippen molar-refractivity contribution in [3.05, 3.63) is 29.3 Å². The average molecular weight is 199 g/mol. The number of carboxylic acids is 1. The molecule has 0 bridgehead atoms. The van der Waals surface area contributed by atoms with E-state index in [4.69, 9.17) is 5.11 Å². The fourth-order valence-electron chi connectivity index (χ4n) is 0.842. The van der Waals surface area contributed by atoms with Crippen molar-refractivity contribution in [1.82, 2.24) is 4.98 Å². The number of carbonyl (C=O) groups is 2. The van der Waals surface area contributed by atoms with E-state index in [1.165, 1.54) is 0 Å². The first-order chi connectivity index (χ1) is 6.54. The van der Waals surface area contributed by atoms with Gasteiger partial charge in [0.2, 0.25) is 5.95 Å². The monoisotopic (exact) mass is 199 g/mol. The first kappa shape index (κ1) is 10.1. The number of pyridine rings is 1. The van der Waals surface area contributed by atoms with E-state index in [1.807, 2.05) is 0 Å². The molecule has 0 atom stereocenters. The van der Waals surface area contributed by atoms with Gasteiger partial charge in [0.15, 0.2) is 5.69 Å². The summed E-state index contributed by atoms with van der Waals surface area (Å²) in [6.07, 6.45) is 0. The van der Waals surface area contributed by atoms with Crippen molar-refractivity contribution in [3.63, 3.8) is 0 Å². The summed E-state index contributed by atoms with van der Waals surface area (Å²) < 4.78 is 17.0. The van der Waals surface area contributed by atoms with Gasteiger partial charge < -0.3 is 9.84 Å². The molecule has 1 N–H and O–H groups in total. The molecule has 1 aromatic rings. The van der Waals surface area contributed by atoms with Crippen LogP contribution in [-0.4, -0.2) is 29.1 Å². The number of esters is 1. The largest absolute Gasteiger partial charge is 0.477 e. The standard InChI is InChI=1S/C8H6FNO4/c1-14-8(13)4-2-5(7(11)12)10-6(9)3-4/h2-3H,1H3,(H,11,12). The lowest BCUT2D eigenvalue weighted by Crippen LogP contribution is -2.08. The molecular formula is C8H6FNO4. The van der Waals surface area contributed by atoms with E-state index in [0.29, 0.717) is 0 Å². The second-order valence-electron chi connectivity index (χ2n) is 2.36. The van der Waals surface area contributed by atoms with Crippen LogP contribution in [0.1, 0.15) is 20.8 Å². The first-order valence-electron chi connectivity index (χ1n) is 3.54. The minimum atomic E-state index is -1.41. The Morgan fingerprint density at radius 2 is 2.14 bits per heavy atom. The molecular weight excluding hydrogens is 193 g/mol. The van der Waals surface area contributed by atoms with Gasteiger partial charge in [0.05, 0.1) is 12.7 Å². The molecule has 0 unspecified atom stereocenters. The van der Waals surface area contributed by atoms with Gasteiger partial charge in [0, 0.05) is 6.07 Å². The molecule has 1 heterocycles. The van der Waals surface area contributed by atoms with Crippen molar-refractivity contribution in [2.24, 2.45) is 0 Å². The zero-order chi connectivity index (χ0) is 10.7. The highest BCUT2D eigenvalue weighted by atomic mass is 19.1. The third-order valence-electron chi connectivity index (χ3n) is 1.43. The summed E-state index contributed by atoms with van der Waals surface area (Å²) in [5.41, 5.74) is -0.720. The van der Waals surface area contributed by atoms with Gasteiger partial charge in [0.25, 0.3) is 0 Å². The molecule has 0 saturated carbocycles. The molecule has 0 aromatic carbocycles. The van der Waals surface area contributed by atoms with E-state index in [0.717, 1.165) is 19.2 Å². The highest BCUT2D eigenvalue weighted by Crippen LogP contribution is 2.06. The third kappa shape index (κ3) is 2.03. The lowest BCUT2D eigenvalue weighted by Gasteiger charge is -2.00. The number of aromatic nitrogens is 1. The number of hydrogen-bond acceptors (Lipinski definition) is 4. The number of ether oxygens (including phenoxy) is 1. The van der Waals surface area contributed by atoms with Gasteiger partial charge in [-0.2, -0.15) is 4.39 Å². The molecule has 0 radical (unpaired) electrons. The quantitative estimate of drug-likeness (QED) is 0.560. The lowest BCUT2D eigenvalue weighted by atomic mass is 10.2. The normalized spacial score (nSPS) is 9.57. The maximum absolute atomic E-state index is 12.7. The van der Waals surface area contributed by atoms with Crippen molar-refractivity contribution in [1.29, 1.82) is 0 Å². The highest BCUT2D eigenvalue weighted by molar-refractivity contribution is 5.93. The summed E-state index contributed by atoms with van der Waals surface area (Å²) in [6.45, 7) is 0. The number of halogens is 1. The van der Waals surface area contributed by atoms with Crippen LogP contribution < -0.4 is 0 Å². The van der Waals surface area contributed by atoms with Crippen LogP contribution in [0.15, 0.2) is 12.1 Å². The third-order valence-corrected chi connectivity index (χ3v) is 1.43. The number of aromatic carboxylic acids is 1. The number of carboxylic acid groups (broad SMARTS) is 1. The van der Waals surface area contributed by atoms with Crippen molar-refractivity contribution < 1.29 is 23.8 Å². The minimum Gasteiger partial charge on any atom is -0.477 e. The van der Waals surface area contributed by atoms with Crippen LogP contribution in [0.25, 0.3) is 0 Å². The molecule has 0 amide bonds. The molecule has 0 fully saturated rings. The minimum absolute atomic E-state index is 0.183. The Bertz CT molecular complexity index is 391. The highest BCUT2D eigenvalue weighted by Gasteiger charge is 2.13. The Morgan fingerprint density at radius 3 is 2.64 bits per heavy atom. The van der Waals surface area contributed by atoms with E-state index in [-0.39, 0.29) is 5.56 Å². The van der Waals surface area contributed by atoms with Crippen molar-refractivity contribution in [2.75, 3.05) is 7.11 Å². The van der Waals surface area contributed by atoms with Gasteiger partial charge in [-0.15, -0.1) is 0 Å². The molecule has 0 spiro atoms. The van der Waals surface area contributed by atoms with Crippen molar-refractivity contribution >= 4 is 11.9 Å². The number of hydrogen-bond donors (Lipinski definition) is 1. The molecule has 14 heavy (non-hydrogen) atoms. The van der Waals surface area contributed by atoms with Gasteiger partial charge in [-0.3, -0.25) is 0 Å². The van der Waals surface area contributed by atoms with Crippen LogP contribution in [0.3, 0.4) is 0 Å². The summed E-state index contributed by atoms with van der Waals surface area (Å²) in [5.74, 6) is -3.26. The summed E-state index contributed by atoms with van der Waals surface area (Å²) >= 11 is 0. The molecule has 1 aromatic heterocycles. The molecule has 0 aliphatic rings. The van der Waals surface area contributed by atoms with Gasteiger partial charge in [-0.05, 0) is 6.07 Å².